The van der Waals surface area contributed by atoms with E-state index in [1.165, 1.54) is 0 Å². The smallest absolute Gasteiger partial charge is 0.394 e. The molecule has 15 N–H and O–H groups in total. The molecule has 0 radical (unpaired) electrons. The van der Waals surface area contributed by atoms with E-state index in [4.69, 9.17) is 53.7 Å². The van der Waals surface area contributed by atoms with Crippen molar-refractivity contribution in [1.82, 2.24) is 0 Å². The molecular weight excluding hydrogens is 518 g/mol. The summed E-state index contributed by atoms with van der Waals surface area (Å²) in [5.41, 5.74) is 18.0. The third kappa shape index (κ3) is 7.68. The Morgan fingerprint density at radius 3 is 1.64 bits per heavy atom. The highest BCUT2D eigenvalue weighted by atomic mass is 32.3. The van der Waals surface area contributed by atoms with E-state index in [1.807, 2.05) is 0 Å². The van der Waals surface area contributed by atoms with Crippen molar-refractivity contribution in [3.05, 3.63) is 0 Å². The molecule has 2 heterocycles. The Hall–Kier alpha value is -0.690. The van der Waals surface area contributed by atoms with Crippen LogP contribution >= 0.6 is 0 Å². The van der Waals surface area contributed by atoms with Crippen LogP contribution in [0.15, 0.2) is 0 Å². The summed E-state index contributed by atoms with van der Waals surface area (Å²) in [6.45, 7) is -1.19. The van der Waals surface area contributed by atoms with E-state index in [0.717, 1.165) is 0 Å². The molecule has 0 bridgehead atoms. The Labute approximate surface area is 205 Å². The van der Waals surface area contributed by atoms with Crippen molar-refractivity contribution < 1.29 is 72.2 Å². The fourth-order valence-electron chi connectivity index (χ4n) is 4.12. The zero-order valence-corrected chi connectivity index (χ0v) is 19.6. The van der Waals surface area contributed by atoms with Crippen LogP contribution in [-0.2, 0) is 29.3 Å². The van der Waals surface area contributed by atoms with Gasteiger partial charge in [-0.05, 0) is 6.42 Å². The maximum Gasteiger partial charge on any atom is 0.394 e. The van der Waals surface area contributed by atoms with E-state index >= 15 is 0 Å². The normalized spacial score (nSPS) is 47.8. The summed E-state index contributed by atoms with van der Waals surface area (Å²) in [7, 11) is -4.67. The molecule has 2 saturated heterocycles. The molecule has 19 heteroatoms. The second-order valence-corrected chi connectivity index (χ2v) is 9.59. The molecule has 36 heavy (non-hydrogen) atoms. The van der Waals surface area contributed by atoms with E-state index in [0.29, 0.717) is 0 Å². The van der Waals surface area contributed by atoms with Gasteiger partial charge in [-0.1, -0.05) is 0 Å². The average molecular weight is 554 g/mol. The van der Waals surface area contributed by atoms with E-state index < -0.39 is 109 Å². The summed E-state index contributed by atoms with van der Waals surface area (Å²) in [5.74, 6) is 0. The van der Waals surface area contributed by atoms with Crippen LogP contribution in [0.5, 0.6) is 0 Å². The molecule has 0 aromatic carbocycles. The van der Waals surface area contributed by atoms with Gasteiger partial charge in [0.15, 0.2) is 12.6 Å². The third-order valence-corrected chi connectivity index (χ3v) is 6.07. The Balaban J connectivity index is 0.000000830. The minimum Gasteiger partial charge on any atom is -0.394 e. The second-order valence-electron chi connectivity index (χ2n) is 8.69. The zero-order chi connectivity index (χ0) is 27.5. The lowest BCUT2D eigenvalue weighted by Gasteiger charge is -2.47. The van der Waals surface area contributed by atoms with E-state index in [9.17, 15) is 35.7 Å². The molecule has 2 aliphatic heterocycles. The lowest BCUT2D eigenvalue weighted by atomic mass is 9.84. The van der Waals surface area contributed by atoms with Gasteiger partial charge in [0.2, 0.25) is 0 Å². The van der Waals surface area contributed by atoms with Crippen molar-refractivity contribution in [2.24, 2.45) is 17.2 Å². The van der Waals surface area contributed by atoms with Crippen LogP contribution in [0.4, 0.5) is 0 Å². The van der Waals surface area contributed by atoms with Crippen molar-refractivity contribution >= 4 is 10.4 Å². The molecule has 0 aromatic heterocycles. The Bertz CT molecular complexity index is 785. The van der Waals surface area contributed by atoms with Crippen molar-refractivity contribution in [2.75, 3.05) is 13.2 Å². The molecule has 0 amide bonds. The molecule has 214 valence electrons. The average Bonchev–Trinajstić information content (AvgIpc) is 3.06. The van der Waals surface area contributed by atoms with Gasteiger partial charge in [-0.25, -0.2) is 0 Å². The first-order valence-corrected chi connectivity index (χ1v) is 12.2. The summed E-state index contributed by atoms with van der Waals surface area (Å²) in [5, 5.41) is 69.4. The van der Waals surface area contributed by atoms with Crippen LogP contribution in [0, 0.1) is 0 Å². The van der Waals surface area contributed by atoms with Gasteiger partial charge < -0.3 is 71.9 Å². The largest absolute Gasteiger partial charge is 0.394 e. The van der Waals surface area contributed by atoms with Gasteiger partial charge in [0.1, 0.15) is 48.8 Å². The highest BCUT2D eigenvalue weighted by molar-refractivity contribution is 7.79. The number of aliphatic hydroxyl groups excluding tert-OH is 7. The fourth-order valence-corrected chi connectivity index (χ4v) is 4.12. The SMILES string of the molecule is N[C@H]1[C@@H](O[C@H]2[C@H](O[C@@H]3O[C@H](CO)[C@@H](O)[C@H]3O)[C@@H](O)[C@H](N)C[C@@H]2N)O[C@H](CO)[C@@H](O)[C@@H]1O.O=S(=O)(O)O. The highest BCUT2D eigenvalue weighted by Gasteiger charge is 2.52. The van der Waals surface area contributed by atoms with Gasteiger partial charge in [0.05, 0.1) is 25.4 Å². The van der Waals surface area contributed by atoms with Crippen LogP contribution in [0.3, 0.4) is 0 Å². The van der Waals surface area contributed by atoms with Crippen LogP contribution < -0.4 is 17.2 Å². The van der Waals surface area contributed by atoms with Crippen molar-refractivity contribution in [3.63, 3.8) is 0 Å². The Morgan fingerprint density at radius 1 is 0.694 bits per heavy atom. The number of hydrogen-bond donors (Lipinski definition) is 12. The van der Waals surface area contributed by atoms with E-state index in [2.05, 4.69) is 0 Å². The lowest BCUT2D eigenvalue weighted by molar-refractivity contribution is -0.310. The van der Waals surface area contributed by atoms with Crippen LogP contribution in [0.25, 0.3) is 0 Å². The number of rotatable bonds is 6. The predicted molar refractivity (Wildman–Crippen MR) is 114 cm³/mol. The van der Waals surface area contributed by atoms with E-state index in [1.54, 1.807) is 0 Å². The summed E-state index contributed by atoms with van der Waals surface area (Å²) >= 11 is 0. The molecule has 1 saturated carbocycles. The second kappa shape index (κ2) is 12.9. The van der Waals surface area contributed by atoms with Crippen molar-refractivity contribution in [3.8, 4) is 0 Å². The molecule has 1 aliphatic carbocycles. The molecule has 3 rings (SSSR count). The topological polar surface area (TPSA) is 331 Å². The number of nitrogens with two attached hydrogens (primary N) is 3. The van der Waals surface area contributed by atoms with Crippen molar-refractivity contribution in [2.45, 2.75) is 92.1 Å². The fraction of sp³-hybridized carbons (Fsp3) is 1.00. The van der Waals surface area contributed by atoms with Gasteiger partial charge in [-0.3, -0.25) is 9.11 Å². The number of aliphatic hydroxyl groups is 7. The standard InChI is InChI=1S/C17H33N3O11.H2O4S/c18-4-1-5(19)14(30-16-8(20)12(26)10(24)6(2-21)28-16)15(9(4)23)31-17-13(27)11(25)7(3-22)29-17;1-5(2,3)4/h4-17,21-27H,1-3,18-20H2;(H2,1,2,3,4)/t4-,5+,6-,7-,8-,9+,10-,11-,12-,13-,14-,15-,16-,17+;/m1./s1. The molecule has 0 unspecified atom stereocenters. The minimum absolute atomic E-state index is 0.123. The maximum atomic E-state index is 10.6. The maximum absolute atomic E-state index is 10.6. The number of hydrogen-bond acceptors (Lipinski definition) is 16. The molecule has 3 fully saturated rings. The van der Waals surface area contributed by atoms with Gasteiger partial charge >= 0.3 is 10.4 Å². The third-order valence-electron chi connectivity index (χ3n) is 6.07. The molecule has 3 aliphatic rings. The summed E-state index contributed by atoms with van der Waals surface area (Å²) in [6, 6.07) is -2.82. The quantitative estimate of drug-likeness (QED) is 0.136. The van der Waals surface area contributed by atoms with Gasteiger partial charge in [-0.2, -0.15) is 8.42 Å². The first kappa shape index (κ1) is 31.5. The first-order chi connectivity index (χ1) is 16.6. The molecule has 18 nitrogen and oxygen atoms in total. The Kier molecular flexibility index (Phi) is 11.3. The lowest BCUT2D eigenvalue weighted by Crippen LogP contribution is -2.68. The zero-order valence-electron chi connectivity index (χ0n) is 18.8. The van der Waals surface area contributed by atoms with Crippen LogP contribution in [-0.4, -0.2) is 152 Å². The summed E-state index contributed by atoms with van der Waals surface area (Å²) in [4.78, 5) is 0. The monoisotopic (exact) mass is 553 g/mol. The summed E-state index contributed by atoms with van der Waals surface area (Å²) < 4.78 is 53.8. The van der Waals surface area contributed by atoms with Crippen LogP contribution in [0.1, 0.15) is 6.42 Å². The van der Waals surface area contributed by atoms with Gasteiger partial charge in [0, 0.05) is 12.1 Å². The van der Waals surface area contributed by atoms with E-state index in [-0.39, 0.29) is 6.42 Å². The van der Waals surface area contributed by atoms with Gasteiger partial charge in [0.25, 0.3) is 0 Å². The van der Waals surface area contributed by atoms with Crippen molar-refractivity contribution in [1.29, 1.82) is 0 Å². The molecular formula is C17H35N3O15S. The van der Waals surface area contributed by atoms with Crippen LogP contribution in [0.2, 0.25) is 0 Å². The molecule has 0 aromatic rings. The minimum atomic E-state index is -4.67. The molecule has 14 atom stereocenters. The van der Waals surface area contributed by atoms with Gasteiger partial charge in [-0.15, -0.1) is 0 Å². The number of ether oxygens (including phenoxy) is 4. The highest BCUT2D eigenvalue weighted by Crippen LogP contribution is 2.32. The Morgan fingerprint density at radius 2 is 1.14 bits per heavy atom. The first-order valence-electron chi connectivity index (χ1n) is 10.8. The molecule has 0 spiro atoms. The summed E-state index contributed by atoms with van der Waals surface area (Å²) in [6.07, 6.45) is -14.5. The predicted octanol–water partition coefficient (Wildman–Crippen LogP) is -7.27.